The molecule has 4 nitrogen and oxygen atoms in total. The summed E-state index contributed by atoms with van der Waals surface area (Å²) in [5.41, 5.74) is 5.03. The van der Waals surface area contributed by atoms with Crippen LogP contribution in [0.2, 0.25) is 0 Å². The molecule has 0 fully saturated rings. The molecule has 27 heavy (non-hydrogen) atoms. The number of hydrogen-bond donors (Lipinski definition) is 2. The van der Waals surface area contributed by atoms with Gasteiger partial charge in [-0.2, -0.15) is 0 Å². The topological polar surface area (TPSA) is 61.8 Å². The Hall–Kier alpha value is -3.24. The third kappa shape index (κ3) is 2.41. The van der Waals surface area contributed by atoms with Gasteiger partial charge in [0, 0.05) is 45.8 Å². The van der Waals surface area contributed by atoms with E-state index in [1.165, 1.54) is 0 Å². The van der Waals surface area contributed by atoms with Crippen LogP contribution in [0.15, 0.2) is 67.1 Å². The van der Waals surface area contributed by atoms with E-state index in [0.29, 0.717) is 0 Å². The van der Waals surface area contributed by atoms with E-state index >= 15 is 0 Å². The smallest absolute Gasteiger partial charge is 0.0846 e. The Kier molecular flexibility index (Phi) is 3.33. The number of aromatic amines is 1. The van der Waals surface area contributed by atoms with Crippen molar-refractivity contribution in [3.05, 3.63) is 72.7 Å². The summed E-state index contributed by atoms with van der Waals surface area (Å²) in [6, 6.07) is 16.2. The number of benzene rings is 2. The van der Waals surface area contributed by atoms with Crippen molar-refractivity contribution >= 4 is 32.7 Å². The predicted molar refractivity (Wildman–Crippen MR) is 110 cm³/mol. The van der Waals surface area contributed by atoms with Crippen LogP contribution in [0.5, 0.6) is 0 Å². The monoisotopic (exact) mass is 353 g/mol. The molecule has 3 aromatic heterocycles. The van der Waals surface area contributed by atoms with Crippen LogP contribution in [0.25, 0.3) is 43.8 Å². The van der Waals surface area contributed by atoms with Crippen molar-refractivity contribution in [1.82, 2.24) is 15.0 Å². The van der Waals surface area contributed by atoms with Gasteiger partial charge in [0.15, 0.2) is 0 Å². The molecule has 0 saturated carbocycles. The van der Waals surface area contributed by atoms with Crippen LogP contribution < -0.4 is 0 Å². The fraction of sp³-hybridized carbons (Fsp3) is 0.130. The Bertz CT molecular complexity index is 1310. The van der Waals surface area contributed by atoms with Crippen LogP contribution in [-0.2, 0) is 5.60 Å². The van der Waals surface area contributed by atoms with Crippen LogP contribution >= 0.6 is 0 Å². The lowest BCUT2D eigenvalue weighted by molar-refractivity contribution is 0.0792. The lowest BCUT2D eigenvalue weighted by atomic mass is 9.87. The summed E-state index contributed by atoms with van der Waals surface area (Å²) >= 11 is 0. The molecule has 4 heteroatoms. The normalized spacial score (nSPS) is 12.3. The van der Waals surface area contributed by atoms with Gasteiger partial charge in [0.25, 0.3) is 0 Å². The number of H-pyrrole nitrogens is 1. The van der Waals surface area contributed by atoms with Gasteiger partial charge in [-0.3, -0.25) is 9.97 Å². The molecule has 0 bridgehead atoms. The third-order valence-electron chi connectivity index (χ3n) is 5.13. The number of aliphatic hydroxyl groups is 1. The van der Waals surface area contributed by atoms with Gasteiger partial charge in [-0.25, -0.2) is 0 Å². The highest BCUT2D eigenvalue weighted by Crippen LogP contribution is 2.40. The van der Waals surface area contributed by atoms with E-state index in [1.54, 1.807) is 6.20 Å². The minimum absolute atomic E-state index is 0.896. The minimum atomic E-state index is -0.940. The minimum Gasteiger partial charge on any atom is -0.386 e. The van der Waals surface area contributed by atoms with Crippen LogP contribution in [0.3, 0.4) is 0 Å². The summed E-state index contributed by atoms with van der Waals surface area (Å²) in [5.74, 6) is 0. The summed E-state index contributed by atoms with van der Waals surface area (Å²) in [6.07, 6.45) is 5.49. The summed E-state index contributed by atoms with van der Waals surface area (Å²) < 4.78 is 0. The van der Waals surface area contributed by atoms with Crippen LogP contribution in [-0.4, -0.2) is 20.1 Å². The molecule has 0 unspecified atom stereocenters. The van der Waals surface area contributed by atoms with Crippen molar-refractivity contribution in [2.75, 3.05) is 0 Å². The van der Waals surface area contributed by atoms with Crippen molar-refractivity contribution in [3.63, 3.8) is 0 Å². The van der Waals surface area contributed by atoms with E-state index in [-0.39, 0.29) is 0 Å². The molecular formula is C23H19N3O. The molecule has 0 atom stereocenters. The standard InChI is InChI=1S/C23H19N3O/c1-23(2,27)18-8-4-3-6-14(18)16-12-20-21(22-15(16)7-5-10-25-22)17-13-24-11-9-19(17)26-20/h3-13,26-27H,1-2H3. The quantitative estimate of drug-likeness (QED) is 0.461. The van der Waals surface area contributed by atoms with Gasteiger partial charge in [-0.05, 0) is 48.7 Å². The van der Waals surface area contributed by atoms with E-state index in [1.807, 2.05) is 56.6 Å². The molecule has 0 saturated heterocycles. The lowest BCUT2D eigenvalue weighted by Gasteiger charge is -2.22. The van der Waals surface area contributed by atoms with Gasteiger partial charge >= 0.3 is 0 Å². The predicted octanol–water partition coefficient (Wildman–Crippen LogP) is 5.16. The van der Waals surface area contributed by atoms with Crippen molar-refractivity contribution in [2.45, 2.75) is 19.4 Å². The van der Waals surface area contributed by atoms with Crippen molar-refractivity contribution in [3.8, 4) is 11.1 Å². The SMILES string of the molecule is CC(C)(O)c1ccccc1-c1cc2[nH]c3ccncc3c2c2ncccc12. The third-order valence-corrected chi connectivity index (χ3v) is 5.13. The van der Waals surface area contributed by atoms with E-state index in [0.717, 1.165) is 49.4 Å². The zero-order valence-electron chi connectivity index (χ0n) is 15.2. The molecule has 2 aromatic carbocycles. The molecule has 3 heterocycles. The van der Waals surface area contributed by atoms with Crippen LogP contribution in [0, 0.1) is 0 Å². The lowest BCUT2D eigenvalue weighted by Crippen LogP contribution is -2.16. The van der Waals surface area contributed by atoms with Crippen molar-refractivity contribution in [2.24, 2.45) is 0 Å². The highest BCUT2D eigenvalue weighted by atomic mass is 16.3. The average Bonchev–Trinajstić information content (AvgIpc) is 3.05. The Labute approximate surface area is 156 Å². The maximum atomic E-state index is 10.7. The average molecular weight is 353 g/mol. The second-order valence-corrected chi connectivity index (χ2v) is 7.40. The second kappa shape index (κ2) is 5.63. The van der Waals surface area contributed by atoms with Gasteiger partial charge in [-0.1, -0.05) is 30.3 Å². The maximum absolute atomic E-state index is 10.7. The van der Waals surface area contributed by atoms with Gasteiger partial charge < -0.3 is 10.1 Å². The summed E-state index contributed by atoms with van der Waals surface area (Å²) in [6.45, 7) is 3.64. The molecule has 0 aliphatic heterocycles. The number of nitrogens with zero attached hydrogens (tertiary/aromatic N) is 2. The molecule has 0 radical (unpaired) electrons. The Balaban J connectivity index is 1.96. The number of fused-ring (bicyclic) bond motifs is 5. The summed E-state index contributed by atoms with van der Waals surface area (Å²) in [5, 5.41) is 13.9. The number of pyridine rings is 2. The Morgan fingerprint density at radius 3 is 2.59 bits per heavy atom. The first-order valence-electron chi connectivity index (χ1n) is 8.99. The fourth-order valence-corrected chi connectivity index (χ4v) is 3.94. The molecule has 0 aliphatic carbocycles. The largest absolute Gasteiger partial charge is 0.386 e. The molecule has 5 rings (SSSR count). The molecule has 0 amide bonds. The first-order chi connectivity index (χ1) is 13.0. The van der Waals surface area contributed by atoms with Gasteiger partial charge in [0.05, 0.1) is 11.1 Å². The molecule has 0 aliphatic rings. The first kappa shape index (κ1) is 16.0. The zero-order chi connectivity index (χ0) is 18.6. The van der Waals surface area contributed by atoms with Gasteiger partial charge in [0.1, 0.15) is 0 Å². The van der Waals surface area contributed by atoms with E-state index in [9.17, 15) is 5.11 Å². The number of rotatable bonds is 2. The van der Waals surface area contributed by atoms with Crippen molar-refractivity contribution < 1.29 is 5.11 Å². The van der Waals surface area contributed by atoms with E-state index < -0.39 is 5.60 Å². The number of aromatic nitrogens is 3. The first-order valence-corrected chi connectivity index (χ1v) is 8.99. The Morgan fingerprint density at radius 1 is 0.889 bits per heavy atom. The van der Waals surface area contributed by atoms with Crippen molar-refractivity contribution in [1.29, 1.82) is 0 Å². The van der Waals surface area contributed by atoms with Gasteiger partial charge in [0.2, 0.25) is 0 Å². The second-order valence-electron chi connectivity index (χ2n) is 7.40. The molecule has 2 N–H and O–H groups in total. The maximum Gasteiger partial charge on any atom is 0.0846 e. The van der Waals surface area contributed by atoms with Crippen LogP contribution in [0.4, 0.5) is 0 Å². The molecular weight excluding hydrogens is 334 g/mol. The van der Waals surface area contributed by atoms with Gasteiger partial charge in [-0.15, -0.1) is 0 Å². The van der Waals surface area contributed by atoms with E-state index in [4.69, 9.17) is 4.98 Å². The zero-order valence-corrected chi connectivity index (χ0v) is 15.2. The highest BCUT2D eigenvalue weighted by Gasteiger charge is 2.22. The Morgan fingerprint density at radius 2 is 1.74 bits per heavy atom. The van der Waals surface area contributed by atoms with Crippen LogP contribution in [0.1, 0.15) is 19.4 Å². The highest BCUT2D eigenvalue weighted by molar-refractivity contribution is 6.21. The number of hydrogen-bond acceptors (Lipinski definition) is 3. The van der Waals surface area contributed by atoms with E-state index in [2.05, 4.69) is 28.2 Å². The fourth-order valence-electron chi connectivity index (χ4n) is 3.94. The number of nitrogens with one attached hydrogen (secondary N) is 1. The summed E-state index contributed by atoms with van der Waals surface area (Å²) in [7, 11) is 0. The summed E-state index contributed by atoms with van der Waals surface area (Å²) in [4.78, 5) is 12.5. The molecule has 0 spiro atoms. The molecule has 132 valence electrons. The molecule has 5 aromatic rings.